The zero-order valence-electron chi connectivity index (χ0n) is 15.2. The van der Waals surface area contributed by atoms with Crippen LogP contribution < -0.4 is 4.74 Å². The van der Waals surface area contributed by atoms with Crippen molar-refractivity contribution in [1.82, 2.24) is 4.90 Å². The van der Waals surface area contributed by atoms with E-state index in [0.717, 1.165) is 10.4 Å². The van der Waals surface area contributed by atoms with Crippen LogP contribution in [0.2, 0.25) is 0 Å². The highest BCUT2D eigenvalue weighted by atomic mass is 32.2. The predicted octanol–water partition coefficient (Wildman–Crippen LogP) is 2.56. The van der Waals surface area contributed by atoms with Crippen molar-refractivity contribution in [3.8, 4) is 5.75 Å². The van der Waals surface area contributed by atoms with Gasteiger partial charge in [0.1, 0.15) is 5.75 Å². The second kappa shape index (κ2) is 8.27. The molecule has 0 radical (unpaired) electrons. The van der Waals surface area contributed by atoms with Crippen LogP contribution in [0.15, 0.2) is 35.7 Å². The Morgan fingerprint density at radius 2 is 2.04 bits per heavy atom. The van der Waals surface area contributed by atoms with Gasteiger partial charge >= 0.3 is 0 Å². The Labute approximate surface area is 166 Å². The molecule has 0 aliphatic carbocycles. The van der Waals surface area contributed by atoms with E-state index in [9.17, 15) is 23.3 Å². The fourth-order valence-corrected chi connectivity index (χ4v) is 5.69. The van der Waals surface area contributed by atoms with E-state index in [0.29, 0.717) is 18.7 Å². The van der Waals surface area contributed by atoms with E-state index in [1.54, 1.807) is 4.90 Å². The summed E-state index contributed by atoms with van der Waals surface area (Å²) in [4.78, 5) is 25.6. The molecule has 10 heteroatoms. The first-order valence-corrected chi connectivity index (χ1v) is 11.4. The van der Waals surface area contributed by atoms with E-state index in [-0.39, 0.29) is 35.7 Å². The Morgan fingerprint density at radius 3 is 2.57 bits per heavy atom. The van der Waals surface area contributed by atoms with Gasteiger partial charge in [-0.1, -0.05) is 0 Å². The average Bonchev–Trinajstić information content (AvgIpc) is 3.22. The van der Waals surface area contributed by atoms with Crippen LogP contribution in [0.1, 0.15) is 16.9 Å². The van der Waals surface area contributed by atoms with E-state index >= 15 is 0 Å². The number of nitro groups is 1. The Balaban J connectivity index is 1.70. The molecule has 2 aromatic rings. The minimum absolute atomic E-state index is 0.0410. The number of amides is 1. The van der Waals surface area contributed by atoms with Crippen LogP contribution in [0.25, 0.3) is 0 Å². The molecule has 0 bridgehead atoms. The molecule has 0 saturated carbocycles. The van der Waals surface area contributed by atoms with Gasteiger partial charge < -0.3 is 9.64 Å². The quantitative estimate of drug-likeness (QED) is 0.499. The highest BCUT2D eigenvalue weighted by Gasteiger charge is 2.35. The summed E-state index contributed by atoms with van der Waals surface area (Å²) < 4.78 is 29.2. The molecule has 1 saturated heterocycles. The van der Waals surface area contributed by atoms with Crippen LogP contribution >= 0.6 is 11.3 Å². The van der Waals surface area contributed by atoms with Crippen LogP contribution in [-0.4, -0.2) is 48.3 Å². The number of aryl methyl sites for hydroxylation is 1. The van der Waals surface area contributed by atoms with Crippen molar-refractivity contribution in [1.29, 1.82) is 0 Å². The molecule has 1 aromatic heterocycles. The molecule has 1 amide bonds. The normalized spacial score (nSPS) is 18.0. The average molecular weight is 425 g/mol. The zero-order valence-corrected chi connectivity index (χ0v) is 16.9. The fourth-order valence-electron chi connectivity index (χ4n) is 3.05. The molecule has 0 spiro atoms. The molecule has 1 aliphatic rings. The maximum Gasteiger partial charge on any atom is 0.269 e. The topological polar surface area (TPSA) is 107 Å². The smallest absolute Gasteiger partial charge is 0.269 e. The van der Waals surface area contributed by atoms with Crippen molar-refractivity contribution in [3.05, 3.63) is 56.3 Å². The van der Waals surface area contributed by atoms with Gasteiger partial charge in [-0.3, -0.25) is 14.9 Å². The number of sulfone groups is 1. The summed E-state index contributed by atoms with van der Waals surface area (Å²) in [5, 5.41) is 12.6. The lowest BCUT2D eigenvalue weighted by atomic mass is 10.2. The monoisotopic (exact) mass is 424 g/mol. The first-order chi connectivity index (χ1) is 13.2. The van der Waals surface area contributed by atoms with Crippen LogP contribution in [0.3, 0.4) is 0 Å². The van der Waals surface area contributed by atoms with Crippen LogP contribution in [0.5, 0.6) is 5.75 Å². The molecule has 1 unspecified atom stereocenters. The summed E-state index contributed by atoms with van der Waals surface area (Å²) in [5.74, 6) is 0.0629. The van der Waals surface area contributed by atoms with Crippen LogP contribution in [0.4, 0.5) is 5.69 Å². The number of carbonyl (C=O) groups excluding carboxylic acids is 1. The number of non-ortho nitro benzene ring substituents is 1. The number of thiophene rings is 1. The van der Waals surface area contributed by atoms with Gasteiger partial charge in [-0.25, -0.2) is 8.42 Å². The molecular formula is C18H20N2O6S2. The van der Waals surface area contributed by atoms with E-state index in [4.69, 9.17) is 4.74 Å². The number of nitrogens with zero attached hydrogens (tertiary/aromatic N) is 2. The van der Waals surface area contributed by atoms with Crippen LogP contribution in [0, 0.1) is 17.0 Å². The molecule has 3 rings (SSSR count). The third-order valence-electron chi connectivity index (χ3n) is 4.66. The second-order valence-electron chi connectivity index (χ2n) is 6.64. The minimum Gasteiger partial charge on any atom is -0.484 e. The number of rotatable bonds is 7. The Morgan fingerprint density at radius 1 is 1.32 bits per heavy atom. The fraction of sp³-hybridized carbons (Fsp3) is 0.389. The van der Waals surface area contributed by atoms with Gasteiger partial charge in [-0.05, 0) is 42.5 Å². The van der Waals surface area contributed by atoms with Gasteiger partial charge in [0, 0.05) is 23.1 Å². The molecule has 1 fully saturated rings. The first kappa shape index (κ1) is 20.3. The van der Waals surface area contributed by atoms with Gasteiger partial charge in [-0.15, -0.1) is 11.3 Å². The van der Waals surface area contributed by atoms with Gasteiger partial charge in [-0.2, -0.15) is 0 Å². The van der Waals surface area contributed by atoms with E-state index < -0.39 is 14.8 Å². The van der Waals surface area contributed by atoms with Crippen molar-refractivity contribution < 1.29 is 22.9 Å². The van der Waals surface area contributed by atoms with E-state index in [1.807, 2.05) is 18.4 Å². The molecule has 1 aromatic carbocycles. The summed E-state index contributed by atoms with van der Waals surface area (Å²) in [6.45, 7) is 2.03. The lowest BCUT2D eigenvalue weighted by Gasteiger charge is -2.28. The van der Waals surface area contributed by atoms with Gasteiger partial charge in [0.15, 0.2) is 16.4 Å². The Bertz CT molecular complexity index is 968. The lowest BCUT2D eigenvalue weighted by Crippen LogP contribution is -2.43. The first-order valence-electron chi connectivity index (χ1n) is 8.65. The summed E-state index contributed by atoms with van der Waals surface area (Å²) in [6, 6.07) is 7.05. The molecule has 8 nitrogen and oxygen atoms in total. The number of hydrogen-bond acceptors (Lipinski definition) is 7. The molecule has 0 N–H and O–H groups in total. The molecule has 2 heterocycles. The van der Waals surface area contributed by atoms with E-state index in [1.165, 1.54) is 35.6 Å². The van der Waals surface area contributed by atoms with Gasteiger partial charge in [0.05, 0.1) is 23.0 Å². The van der Waals surface area contributed by atoms with Crippen molar-refractivity contribution in [3.63, 3.8) is 0 Å². The molecule has 28 heavy (non-hydrogen) atoms. The lowest BCUT2D eigenvalue weighted by molar-refractivity contribution is -0.384. The molecule has 1 aliphatic heterocycles. The Kier molecular flexibility index (Phi) is 5.99. The van der Waals surface area contributed by atoms with Crippen molar-refractivity contribution in [2.45, 2.75) is 25.9 Å². The largest absolute Gasteiger partial charge is 0.484 e. The number of ether oxygens (including phenoxy) is 1. The van der Waals surface area contributed by atoms with Gasteiger partial charge in [0.25, 0.3) is 11.6 Å². The predicted molar refractivity (Wildman–Crippen MR) is 105 cm³/mol. The SMILES string of the molecule is Cc1ccsc1CN(C(=O)COc1ccc([N+](=O)[O-])cc1)C1CCS(=O)(=O)C1. The number of benzene rings is 1. The molecular weight excluding hydrogens is 404 g/mol. The maximum atomic E-state index is 12.8. The second-order valence-corrected chi connectivity index (χ2v) is 9.87. The van der Waals surface area contributed by atoms with E-state index in [2.05, 4.69) is 0 Å². The third-order valence-corrected chi connectivity index (χ3v) is 7.42. The molecule has 150 valence electrons. The highest BCUT2D eigenvalue weighted by Crippen LogP contribution is 2.24. The van der Waals surface area contributed by atoms with Crippen molar-refractivity contribution >= 4 is 32.8 Å². The van der Waals surface area contributed by atoms with Crippen LogP contribution in [-0.2, 0) is 21.2 Å². The third kappa shape index (κ3) is 4.87. The molecule has 1 atom stereocenters. The summed E-state index contributed by atoms with van der Waals surface area (Å²) in [5.41, 5.74) is 0.990. The minimum atomic E-state index is -3.14. The summed E-state index contributed by atoms with van der Waals surface area (Å²) >= 11 is 1.52. The number of carbonyl (C=O) groups is 1. The maximum absolute atomic E-state index is 12.8. The standard InChI is InChI=1S/C18H20N2O6S2/c1-13-6-8-27-17(13)10-19(15-7-9-28(24,25)12-15)18(21)11-26-16-4-2-14(3-5-16)20(22)23/h2-6,8,15H,7,9-12H2,1H3. The summed E-state index contributed by atoms with van der Waals surface area (Å²) in [6.07, 6.45) is 0.413. The summed E-state index contributed by atoms with van der Waals surface area (Å²) in [7, 11) is -3.14. The highest BCUT2D eigenvalue weighted by molar-refractivity contribution is 7.91. The van der Waals surface area contributed by atoms with Crippen molar-refractivity contribution in [2.75, 3.05) is 18.1 Å². The van der Waals surface area contributed by atoms with Gasteiger partial charge in [0.2, 0.25) is 0 Å². The Hall–Kier alpha value is -2.46. The van der Waals surface area contributed by atoms with Crippen molar-refractivity contribution in [2.24, 2.45) is 0 Å². The number of nitro benzene ring substituents is 1. The number of hydrogen-bond donors (Lipinski definition) is 0. The zero-order chi connectivity index (χ0) is 20.3.